The van der Waals surface area contributed by atoms with E-state index in [1.165, 1.54) is 12.8 Å². The van der Waals surface area contributed by atoms with E-state index in [4.69, 9.17) is 0 Å². The van der Waals surface area contributed by atoms with Gasteiger partial charge in [0.15, 0.2) is 0 Å². The fraction of sp³-hybridized carbons (Fsp3) is 0.600. The van der Waals surface area contributed by atoms with Gasteiger partial charge in [-0.25, -0.2) is 0 Å². The van der Waals surface area contributed by atoms with Gasteiger partial charge in [0.1, 0.15) is 5.82 Å². The molecule has 0 bridgehead atoms. The molecule has 3 heteroatoms. The third kappa shape index (κ3) is 2.17. The van der Waals surface area contributed by atoms with Crippen LogP contribution in [0.3, 0.4) is 0 Å². The standard InChI is InChI=1S/C10H15N3/c1-2-8-6-9(8)7-11-10-4-3-5-12-13-10/h3-5,8-9H,2,6-7H2,1H3,(H,11,13)/t8-,9+/m1/s1. The van der Waals surface area contributed by atoms with Gasteiger partial charge >= 0.3 is 0 Å². The summed E-state index contributed by atoms with van der Waals surface area (Å²) >= 11 is 0. The number of aromatic nitrogens is 2. The summed E-state index contributed by atoms with van der Waals surface area (Å²) in [5.74, 6) is 2.71. The number of rotatable bonds is 4. The number of nitrogens with one attached hydrogen (secondary N) is 1. The molecule has 2 atom stereocenters. The Bertz CT molecular complexity index is 260. The van der Waals surface area contributed by atoms with E-state index < -0.39 is 0 Å². The Morgan fingerprint density at radius 2 is 2.46 bits per heavy atom. The van der Waals surface area contributed by atoms with Crippen LogP contribution in [0.1, 0.15) is 19.8 Å². The van der Waals surface area contributed by atoms with Crippen LogP contribution in [-0.4, -0.2) is 16.7 Å². The lowest BCUT2D eigenvalue weighted by molar-refractivity contribution is 0.700. The van der Waals surface area contributed by atoms with Gasteiger partial charge < -0.3 is 5.32 Å². The Morgan fingerprint density at radius 1 is 1.54 bits per heavy atom. The van der Waals surface area contributed by atoms with Crippen molar-refractivity contribution in [3.05, 3.63) is 18.3 Å². The Labute approximate surface area is 78.6 Å². The normalized spacial score (nSPS) is 25.6. The number of hydrogen-bond acceptors (Lipinski definition) is 3. The molecular formula is C10H15N3. The van der Waals surface area contributed by atoms with E-state index in [1.54, 1.807) is 6.20 Å². The minimum atomic E-state index is 0.868. The Morgan fingerprint density at radius 3 is 3.08 bits per heavy atom. The second-order valence-electron chi connectivity index (χ2n) is 3.65. The summed E-state index contributed by atoms with van der Waals surface area (Å²) in [5.41, 5.74) is 0. The monoisotopic (exact) mass is 177 g/mol. The number of hydrogen-bond donors (Lipinski definition) is 1. The largest absolute Gasteiger partial charge is 0.368 e. The van der Waals surface area contributed by atoms with Gasteiger partial charge in [0, 0.05) is 12.7 Å². The SMILES string of the molecule is CC[C@@H]1C[C@H]1CNc1cccnn1. The average molecular weight is 177 g/mol. The number of anilines is 1. The third-order valence-electron chi connectivity index (χ3n) is 2.71. The molecule has 3 nitrogen and oxygen atoms in total. The van der Waals surface area contributed by atoms with Crippen molar-refractivity contribution in [2.75, 3.05) is 11.9 Å². The van der Waals surface area contributed by atoms with E-state index in [0.717, 1.165) is 24.2 Å². The lowest BCUT2D eigenvalue weighted by Gasteiger charge is -2.02. The zero-order valence-corrected chi connectivity index (χ0v) is 7.90. The van der Waals surface area contributed by atoms with Crippen LogP contribution in [-0.2, 0) is 0 Å². The van der Waals surface area contributed by atoms with E-state index in [0.29, 0.717) is 0 Å². The van der Waals surface area contributed by atoms with Crippen LogP contribution in [0.5, 0.6) is 0 Å². The maximum atomic E-state index is 3.97. The summed E-state index contributed by atoms with van der Waals surface area (Å²) in [6.07, 6.45) is 4.38. The van der Waals surface area contributed by atoms with Crippen LogP contribution in [0.25, 0.3) is 0 Å². The minimum absolute atomic E-state index is 0.868. The molecule has 0 radical (unpaired) electrons. The molecular weight excluding hydrogens is 162 g/mol. The predicted molar refractivity (Wildman–Crippen MR) is 52.4 cm³/mol. The van der Waals surface area contributed by atoms with Gasteiger partial charge in [-0.05, 0) is 30.4 Å². The Kier molecular flexibility index (Phi) is 2.43. The first-order chi connectivity index (χ1) is 6.40. The molecule has 0 spiro atoms. The summed E-state index contributed by atoms with van der Waals surface area (Å²) < 4.78 is 0. The van der Waals surface area contributed by atoms with Crippen molar-refractivity contribution in [3.63, 3.8) is 0 Å². The molecule has 0 amide bonds. The predicted octanol–water partition coefficient (Wildman–Crippen LogP) is 1.93. The lowest BCUT2D eigenvalue weighted by atomic mass is 10.2. The summed E-state index contributed by atoms with van der Waals surface area (Å²) in [5, 5.41) is 11.1. The Balaban J connectivity index is 1.75. The highest BCUT2D eigenvalue weighted by Gasteiger charge is 2.34. The van der Waals surface area contributed by atoms with Gasteiger partial charge in [0.2, 0.25) is 0 Å². The fourth-order valence-electron chi connectivity index (χ4n) is 1.69. The van der Waals surface area contributed by atoms with Crippen molar-refractivity contribution >= 4 is 5.82 Å². The molecule has 1 aromatic rings. The van der Waals surface area contributed by atoms with E-state index in [9.17, 15) is 0 Å². The summed E-state index contributed by atoms with van der Waals surface area (Å²) in [6, 6.07) is 3.86. The summed E-state index contributed by atoms with van der Waals surface area (Å²) in [6.45, 7) is 3.31. The van der Waals surface area contributed by atoms with Crippen LogP contribution in [0, 0.1) is 11.8 Å². The quantitative estimate of drug-likeness (QED) is 0.763. The van der Waals surface area contributed by atoms with E-state index in [1.807, 2.05) is 12.1 Å². The average Bonchev–Trinajstić information content (AvgIpc) is 2.95. The number of nitrogens with zero attached hydrogens (tertiary/aromatic N) is 2. The minimum Gasteiger partial charge on any atom is -0.368 e. The first-order valence-corrected chi connectivity index (χ1v) is 4.91. The van der Waals surface area contributed by atoms with Crippen molar-refractivity contribution in [1.82, 2.24) is 10.2 Å². The molecule has 70 valence electrons. The second kappa shape index (κ2) is 3.73. The van der Waals surface area contributed by atoms with Gasteiger partial charge in [-0.1, -0.05) is 13.3 Å². The lowest BCUT2D eigenvalue weighted by Crippen LogP contribution is -2.06. The highest BCUT2D eigenvalue weighted by Crippen LogP contribution is 2.40. The molecule has 0 saturated heterocycles. The van der Waals surface area contributed by atoms with Crippen molar-refractivity contribution in [2.45, 2.75) is 19.8 Å². The van der Waals surface area contributed by atoms with Gasteiger partial charge in [0.25, 0.3) is 0 Å². The molecule has 1 fully saturated rings. The molecule has 1 aliphatic carbocycles. The summed E-state index contributed by atoms with van der Waals surface area (Å²) in [7, 11) is 0. The maximum Gasteiger partial charge on any atom is 0.148 e. The topological polar surface area (TPSA) is 37.8 Å². The maximum absolute atomic E-state index is 3.97. The molecule has 2 rings (SSSR count). The van der Waals surface area contributed by atoms with E-state index in [2.05, 4.69) is 22.4 Å². The first-order valence-electron chi connectivity index (χ1n) is 4.91. The van der Waals surface area contributed by atoms with Gasteiger partial charge in [-0.15, -0.1) is 5.10 Å². The molecule has 1 saturated carbocycles. The molecule has 1 aromatic heterocycles. The van der Waals surface area contributed by atoms with Crippen LogP contribution >= 0.6 is 0 Å². The van der Waals surface area contributed by atoms with Gasteiger partial charge in [-0.3, -0.25) is 0 Å². The Hall–Kier alpha value is -1.12. The van der Waals surface area contributed by atoms with Crippen molar-refractivity contribution in [1.29, 1.82) is 0 Å². The van der Waals surface area contributed by atoms with Crippen molar-refractivity contribution < 1.29 is 0 Å². The zero-order chi connectivity index (χ0) is 9.10. The first kappa shape index (κ1) is 8.48. The van der Waals surface area contributed by atoms with Crippen molar-refractivity contribution in [2.24, 2.45) is 11.8 Å². The molecule has 0 aliphatic heterocycles. The smallest absolute Gasteiger partial charge is 0.148 e. The summed E-state index contributed by atoms with van der Waals surface area (Å²) in [4.78, 5) is 0. The highest BCUT2D eigenvalue weighted by molar-refractivity contribution is 5.31. The van der Waals surface area contributed by atoms with E-state index >= 15 is 0 Å². The van der Waals surface area contributed by atoms with Crippen LogP contribution in [0.4, 0.5) is 5.82 Å². The van der Waals surface area contributed by atoms with Crippen LogP contribution in [0.15, 0.2) is 18.3 Å². The second-order valence-corrected chi connectivity index (χ2v) is 3.65. The van der Waals surface area contributed by atoms with Crippen molar-refractivity contribution in [3.8, 4) is 0 Å². The highest BCUT2D eigenvalue weighted by atomic mass is 15.2. The third-order valence-corrected chi connectivity index (χ3v) is 2.71. The molecule has 0 aromatic carbocycles. The molecule has 0 unspecified atom stereocenters. The van der Waals surface area contributed by atoms with Crippen LogP contribution < -0.4 is 5.32 Å². The molecule has 1 aliphatic rings. The molecule has 1 N–H and O–H groups in total. The molecule has 1 heterocycles. The fourth-order valence-corrected chi connectivity index (χ4v) is 1.69. The van der Waals surface area contributed by atoms with Crippen LogP contribution in [0.2, 0.25) is 0 Å². The zero-order valence-electron chi connectivity index (χ0n) is 7.90. The van der Waals surface area contributed by atoms with Gasteiger partial charge in [-0.2, -0.15) is 5.10 Å². The van der Waals surface area contributed by atoms with Gasteiger partial charge in [0.05, 0.1) is 0 Å². The van der Waals surface area contributed by atoms with E-state index in [-0.39, 0.29) is 0 Å². The molecule has 13 heavy (non-hydrogen) atoms.